The van der Waals surface area contributed by atoms with Gasteiger partial charge in [0.1, 0.15) is 17.1 Å². The molecule has 4 heteroatoms. The Morgan fingerprint density at radius 3 is 2.10 bits per heavy atom. The van der Waals surface area contributed by atoms with Gasteiger partial charge in [-0.3, -0.25) is 0 Å². The molecule has 0 saturated heterocycles. The Balaban J connectivity index is 2.36. The maximum absolute atomic E-state index is 11.0. The number of hydrogen-bond donors (Lipinski definition) is 3. The maximum atomic E-state index is 11.0. The van der Waals surface area contributed by atoms with Crippen LogP contribution in [-0.4, -0.2) is 21.3 Å². The van der Waals surface area contributed by atoms with Gasteiger partial charge in [0.2, 0.25) is 0 Å². The Morgan fingerprint density at radius 1 is 0.952 bits per heavy atom. The third-order valence-electron chi connectivity index (χ3n) is 3.75. The Kier molecular flexibility index (Phi) is 7.65. The van der Waals surface area contributed by atoms with Crippen molar-refractivity contribution in [3.8, 4) is 11.5 Å². The molecular weight excluding hydrogens is 268 g/mol. The summed E-state index contributed by atoms with van der Waals surface area (Å²) in [6.45, 7) is 2.20. The van der Waals surface area contributed by atoms with Crippen LogP contribution in [0.3, 0.4) is 0 Å². The maximum Gasteiger partial charge on any atom is 0.343 e. The van der Waals surface area contributed by atoms with E-state index < -0.39 is 11.5 Å². The molecule has 0 aliphatic carbocycles. The topological polar surface area (TPSA) is 77.8 Å². The minimum Gasteiger partial charge on any atom is -0.507 e. The van der Waals surface area contributed by atoms with Crippen molar-refractivity contribution in [1.29, 1.82) is 0 Å². The zero-order valence-corrected chi connectivity index (χ0v) is 12.8. The van der Waals surface area contributed by atoms with Crippen LogP contribution in [0, 0.1) is 0 Å². The van der Waals surface area contributed by atoms with Gasteiger partial charge in [-0.2, -0.15) is 0 Å². The number of phenols is 2. The molecule has 0 aliphatic rings. The van der Waals surface area contributed by atoms with E-state index in [-0.39, 0.29) is 11.5 Å². The van der Waals surface area contributed by atoms with E-state index in [4.69, 9.17) is 5.11 Å². The van der Waals surface area contributed by atoms with Crippen LogP contribution in [0.2, 0.25) is 0 Å². The lowest BCUT2D eigenvalue weighted by Gasteiger charge is -2.09. The Bertz CT molecular complexity index is 454. The van der Waals surface area contributed by atoms with E-state index in [1.807, 2.05) is 0 Å². The van der Waals surface area contributed by atoms with Crippen LogP contribution >= 0.6 is 0 Å². The summed E-state index contributed by atoms with van der Waals surface area (Å²) in [5.74, 6) is -1.99. The Hall–Kier alpha value is -1.71. The number of aromatic hydroxyl groups is 2. The molecule has 0 fully saturated rings. The summed E-state index contributed by atoms with van der Waals surface area (Å²) in [5, 5.41) is 28.3. The number of rotatable bonds is 10. The summed E-state index contributed by atoms with van der Waals surface area (Å²) < 4.78 is 0. The highest BCUT2D eigenvalue weighted by Crippen LogP contribution is 2.31. The van der Waals surface area contributed by atoms with Gasteiger partial charge >= 0.3 is 5.97 Å². The van der Waals surface area contributed by atoms with Crippen molar-refractivity contribution in [2.24, 2.45) is 0 Å². The molecule has 3 N–H and O–H groups in total. The summed E-state index contributed by atoms with van der Waals surface area (Å²) >= 11 is 0. The zero-order chi connectivity index (χ0) is 15.7. The molecular formula is C17H26O4. The molecule has 118 valence electrons. The van der Waals surface area contributed by atoms with E-state index in [0.717, 1.165) is 12.8 Å². The lowest BCUT2D eigenvalue weighted by atomic mass is 10.0. The molecule has 0 amide bonds. The van der Waals surface area contributed by atoms with Crippen LogP contribution in [0.5, 0.6) is 11.5 Å². The largest absolute Gasteiger partial charge is 0.507 e. The van der Waals surface area contributed by atoms with Crippen LogP contribution < -0.4 is 0 Å². The highest BCUT2D eigenvalue weighted by Gasteiger charge is 2.18. The van der Waals surface area contributed by atoms with Gasteiger partial charge in [0.25, 0.3) is 0 Å². The number of aromatic carboxylic acids is 1. The standard InChI is InChI=1S/C17H26O4/c1-2-3-4-5-6-7-8-9-10-13-11-12-14(18)15(16(13)19)17(20)21/h11-12,18-19H,2-10H2,1H3,(H,20,21). The van der Waals surface area contributed by atoms with Crippen LogP contribution in [0.15, 0.2) is 12.1 Å². The van der Waals surface area contributed by atoms with E-state index in [0.29, 0.717) is 12.0 Å². The highest BCUT2D eigenvalue weighted by molar-refractivity contribution is 5.94. The molecule has 0 heterocycles. The number of unbranched alkanes of at least 4 members (excludes halogenated alkanes) is 7. The molecule has 0 aliphatic heterocycles. The molecule has 0 spiro atoms. The third-order valence-corrected chi connectivity index (χ3v) is 3.75. The number of benzene rings is 1. The summed E-state index contributed by atoms with van der Waals surface area (Å²) in [5.41, 5.74) is 0.197. The monoisotopic (exact) mass is 294 g/mol. The van der Waals surface area contributed by atoms with Gasteiger partial charge in [-0.05, 0) is 24.5 Å². The number of carboxylic acids is 1. The van der Waals surface area contributed by atoms with E-state index in [1.54, 1.807) is 6.07 Å². The van der Waals surface area contributed by atoms with Crippen LogP contribution in [0.25, 0.3) is 0 Å². The van der Waals surface area contributed by atoms with Gasteiger partial charge in [0, 0.05) is 0 Å². The van der Waals surface area contributed by atoms with Gasteiger partial charge in [0.05, 0.1) is 0 Å². The fraction of sp³-hybridized carbons (Fsp3) is 0.588. The molecule has 1 rings (SSSR count). The Morgan fingerprint density at radius 2 is 1.52 bits per heavy atom. The first kappa shape index (κ1) is 17.3. The molecule has 4 nitrogen and oxygen atoms in total. The smallest absolute Gasteiger partial charge is 0.343 e. The first-order chi connectivity index (χ1) is 10.1. The highest BCUT2D eigenvalue weighted by atomic mass is 16.4. The second-order valence-electron chi connectivity index (χ2n) is 5.50. The first-order valence-corrected chi connectivity index (χ1v) is 7.85. The quantitative estimate of drug-likeness (QED) is 0.556. The number of hydrogen-bond acceptors (Lipinski definition) is 3. The van der Waals surface area contributed by atoms with Crippen LogP contribution in [0.4, 0.5) is 0 Å². The molecule has 0 atom stereocenters. The second-order valence-corrected chi connectivity index (χ2v) is 5.50. The van der Waals surface area contributed by atoms with E-state index in [9.17, 15) is 15.0 Å². The predicted octanol–water partition coefficient (Wildman–Crippen LogP) is 4.48. The van der Waals surface area contributed by atoms with Crippen molar-refractivity contribution in [2.75, 3.05) is 0 Å². The third kappa shape index (κ3) is 5.66. The minimum atomic E-state index is -1.30. The van der Waals surface area contributed by atoms with Crippen molar-refractivity contribution in [2.45, 2.75) is 64.7 Å². The van der Waals surface area contributed by atoms with Gasteiger partial charge < -0.3 is 15.3 Å². The molecule has 0 aromatic heterocycles. The first-order valence-electron chi connectivity index (χ1n) is 7.85. The van der Waals surface area contributed by atoms with Gasteiger partial charge in [-0.15, -0.1) is 0 Å². The lowest BCUT2D eigenvalue weighted by molar-refractivity contribution is 0.0690. The van der Waals surface area contributed by atoms with Crippen molar-refractivity contribution >= 4 is 5.97 Å². The molecule has 0 bridgehead atoms. The van der Waals surface area contributed by atoms with Crippen molar-refractivity contribution in [3.05, 3.63) is 23.3 Å². The molecule has 0 unspecified atom stereocenters. The van der Waals surface area contributed by atoms with Gasteiger partial charge in [-0.25, -0.2) is 4.79 Å². The second kappa shape index (κ2) is 9.27. The number of carbonyl (C=O) groups is 1. The van der Waals surface area contributed by atoms with Crippen LogP contribution in [0.1, 0.15) is 74.2 Å². The van der Waals surface area contributed by atoms with Crippen molar-refractivity contribution in [1.82, 2.24) is 0 Å². The molecule has 0 saturated carbocycles. The summed E-state index contributed by atoms with van der Waals surface area (Å²) in [4.78, 5) is 11.0. The minimum absolute atomic E-state index is 0.301. The van der Waals surface area contributed by atoms with Gasteiger partial charge in [-0.1, -0.05) is 57.9 Å². The summed E-state index contributed by atoms with van der Waals surface area (Å²) in [6, 6.07) is 2.93. The number of aryl methyl sites for hydroxylation is 1. The van der Waals surface area contributed by atoms with Crippen molar-refractivity contribution < 1.29 is 20.1 Å². The molecule has 1 aromatic rings. The normalized spacial score (nSPS) is 10.7. The van der Waals surface area contributed by atoms with E-state index in [2.05, 4.69) is 6.92 Å². The fourth-order valence-corrected chi connectivity index (χ4v) is 2.49. The fourth-order valence-electron chi connectivity index (χ4n) is 2.49. The SMILES string of the molecule is CCCCCCCCCCc1ccc(O)c(C(=O)O)c1O. The summed E-state index contributed by atoms with van der Waals surface area (Å²) in [6.07, 6.45) is 10.2. The predicted molar refractivity (Wildman–Crippen MR) is 83.0 cm³/mol. The van der Waals surface area contributed by atoms with E-state index >= 15 is 0 Å². The molecule has 1 aromatic carbocycles. The average Bonchev–Trinajstić information content (AvgIpc) is 2.43. The summed E-state index contributed by atoms with van der Waals surface area (Å²) in [7, 11) is 0. The van der Waals surface area contributed by atoms with Crippen molar-refractivity contribution in [3.63, 3.8) is 0 Å². The average molecular weight is 294 g/mol. The lowest BCUT2D eigenvalue weighted by Crippen LogP contribution is -2.00. The zero-order valence-electron chi connectivity index (χ0n) is 12.8. The van der Waals surface area contributed by atoms with Crippen LogP contribution in [-0.2, 0) is 6.42 Å². The number of carboxylic acid groups (broad SMARTS) is 1. The van der Waals surface area contributed by atoms with Gasteiger partial charge in [0.15, 0.2) is 0 Å². The Labute approximate surface area is 126 Å². The van der Waals surface area contributed by atoms with E-state index in [1.165, 1.54) is 44.6 Å². The molecule has 0 radical (unpaired) electrons. The molecule has 21 heavy (non-hydrogen) atoms.